The smallest absolute Gasteiger partial charge is 0.384 e. The standard InChI is InChI=1S/C19H28F4N3O4S/c1-14(2)25-18(27)26(11-6-12-30-3)10-5-4-9-24-31(28,29)17-8-7-15(20)13-16(17)19(21,22)23/h6-8,13-14,24H,4-5,9-12H2,1-3H3,(H,25,27). The summed E-state index contributed by atoms with van der Waals surface area (Å²) >= 11 is 0. The number of nitrogens with one attached hydrogen (secondary N) is 2. The number of sulfonamides is 1. The molecule has 1 aromatic carbocycles. The van der Waals surface area contributed by atoms with Crippen molar-refractivity contribution in [2.75, 3.05) is 33.4 Å². The Kier molecular flexibility index (Phi) is 10.7. The van der Waals surface area contributed by atoms with Crippen LogP contribution in [-0.2, 0) is 20.9 Å². The number of methoxy groups -OCH3 is 1. The summed E-state index contributed by atoms with van der Waals surface area (Å²) in [4.78, 5) is 12.7. The van der Waals surface area contributed by atoms with Gasteiger partial charge in [0.25, 0.3) is 0 Å². The van der Waals surface area contributed by atoms with Crippen LogP contribution in [0.5, 0.6) is 0 Å². The maximum atomic E-state index is 13.2. The molecular formula is C19H28F4N3O4S. The van der Waals surface area contributed by atoms with Gasteiger partial charge in [0.2, 0.25) is 10.0 Å². The predicted molar refractivity (Wildman–Crippen MR) is 107 cm³/mol. The fraction of sp³-hybridized carbons (Fsp3) is 0.579. The number of nitrogens with zero attached hydrogens (tertiary/aromatic N) is 1. The number of halogens is 4. The summed E-state index contributed by atoms with van der Waals surface area (Å²) < 4.78 is 84.0. The summed E-state index contributed by atoms with van der Waals surface area (Å²) in [5.74, 6) is -1.18. The molecular weight excluding hydrogens is 442 g/mol. The summed E-state index contributed by atoms with van der Waals surface area (Å²) in [6.07, 6.45) is -2.58. The molecule has 0 spiro atoms. The van der Waals surface area contributed by atoms with Gasteiger partial charge in [-0.1, -0.05) is 0 Å². The van der Waals surface area contributed by atoms with Crippen LogP contribution in [-0.4, -0.2) is 58.7 Å². The molecule has 0 heterocycles. The van der Waals surface area contributed by atoms with E-state index in [1.54, 1.807) is 6.42 Å². The first-order chi connectivity index (χ1) is 14.4. The van der Waals surface area contributed by atoms with Crippen molar-refractivity contribution in [3.05, 3.63) is 36.0 Å². The number of urea groups is 1. The van der Waals surface area contributed by atoms with E-state index < -0.39 is 32.5 Å². The van der Waals surface area contributed by atoms with E-state index in [2.05, 4.69) is 10.0 Å². The second-order valence-electron chi connectivity index (χ2n) is 7.04. The van der Waals surface area contributed by atoms with E-state index >= 15 is 0 Å². The fourth-order valence-corrected chi connectivity index (χ4v) is 3.89. The van der Waals surface area contributed by atoms with Crippen molar-refractivity contribution in [1.82, 2.24) is 14.9 Å². The maximum Gasteiger partial charge on any atom is 0.417 e. The van der Waals surface area contributed by atoms with Crippen LogP contribution in [0.25, 0.3) is 0 Å². The van der Waals surface area contributed by atoms with Crippen LogP contribution in [0.3, 0.4) is 0 Å². The number of benzene rings is 1. The van der Waals surface area contributed by atoms with Crippen molar-refractivity contribution in [2.24, 2.45) is 0 Å². The van der Waals surface area contributed by atoms with Gasteiger partial charge in [-0.25, -0.2) is 22.3 Å². The predicted octanol–water partition coefficient (Wildman–Crippen LogP) is 3.17. The third-order valence-corrected chi connectivity index (χ3v) is 5.54. The quantitative estimate of drug-likeness (QED) is 0.363. The molecule has 1 rings (SSSR count). The van der Waals surface area contributed by atoms with E-state index in [-0.39, 0.29) is 31.1 Å². The van der Waals surface area contributed by atoms with Gasteiger partial charge < -0.3 is 15.0 Å². The van der Waals surface area contributed by atoms with Crippen molar-refractivity contribution >= 4 is 16.1 Å². The van der Waals surface area contributed by atoms with Crippen molar-refractivity contribution < 1.29 is 35.5 Å². The number of unbranched alkanes of at least 4 members (excludes halogenated alkanes) is 1. The molecule has 7 nitrogen and oxygen atoms in total. The molecule has 1 radical (unpaired) electrons. The van der Waals surface area contributed by atoms with Gasteiger partial charge in [0.15, 0.2) is 0 Å². The number of hydrogen-bond acceptors (Lipinski definition) is 4. The van der Waals surface area contributed by atoms with E-state index in [4.69, 9.17) is 4.74 Å². The molecule has 31 heavy (non-hydrogen) atoms. The molecule has 177 valence electrons. The van der Waals surface area contributed by atoms with Gasteiger partial charge in [0.1, 0.15) is 5.82 Å². The molecule has 0 bridgehead atoms. The topological polar surface area (TPSA) is 87.7 Å². The number of amides is 2. The van der Waals surface area contributed by atoms with Crippen LogP contribution in [0.4, 0.5) is 22.4 Å². The van der Waals surface area contributed by atoms with Gasteiger partial charge >= 0.3 is 12.2 Å². The van der Waals surface area contributed by atoms with Gasteiger partial charge in [0, 0.05) is 39.2 Å². The van der Waals surface area contributed by atoms with E-state index in [0.717, 1.165) is 0 Å². The first-order valence-corrected chi connectivity index (χ1v) is 11.1. The van der Waals surface area contributed by atoms with Crippen LogP contribution in [0, 0.1) is 12.2 Å². The Morgan fingerprint density at radius 2 is 1.94 bits per heavy atom. The van der Waals surface area contributed by atoms with Crippen LogP contribution in [0.2, 0.25) is 0 Å². The van der Waals surface area contributed by atoms with Gasteiger partial charge in [-0.2, -0.15) is 13.2 Å². The zero-order valence-electron chi connectivity index (χ0n) is 17.6. The lowest BCUT2D eigenvalue weighted by molar-refractivity contribution is -0.140. The van der Waals surface area contributed by atoms with Gasteiger partial charge in [-0.15, -0.1) is 0 Å². The first-order valence-electron chi connectivity index (χ1n) is 9.61. The Balaban J connectivity index is 2.66. The number of ether oxygens (including phenoxy) is 1. The molecule has 1 aromatic rings. The van der Waals surface area contributed by atoms with Crippen molar-refractivity contribution in [2.45, 2.75) is 43.8 Å². The average Bonchev–Trinajstić information content (AvgIpc) is 2.64. The lowest BCUT2D eigenvalue weighted by atomic mass is 10.2. The minimum absolute atomic E-state index is 0.0669. The summed E-state index contributed by atoms with van der Waals surface area (Å²) in [5, 5.41) is 2.76. The molecule has 0 fully saturated rings. The van der Waals surface area contributed by atoms with Crippen LogP contribution < -0.4 is 10.0 Å². The van der Waals surface area contributed by atoms with Crippen molar-refractivity contribution in [1.29, 1.82) is 0 Å². The Hall–Kier alpha value is -1.92. The molecule has 0 saturated carbocycles. The highest BCUT2D eigenvalue weighted by Crippen LogP contribution is 2.34. The van der Waals surface area contributed by atoms with Gasteiger partial charge in [-0.3, -0.25) is 0 Å². The summed E-state index contributed by atoms with van der Waals surface area (Å²) in [5.41, 5.74) is -1.56. The van der Waals surface area contributed by atoms with Gasteiger partial charge in [-0.05, 0) is 44.9 Å². The molecule has 0 atom stereocenters. The number of alkyl halides is 3. The lowest BCUT2D eigenvalue weighted by Crippen LogP contribution is -2.44. The minimum Gasteiger partial charge on any atom is -0.384 e. The Bertz CT molecular complexity index is 817. The maximum absolute atomic E-state index is 13.2. The van der Waals surface area contributed by atoms with Gasteiger partial charge in [0.05, 0.1) is 17.1 Å². The summed E-state index contributed by atoms with van der Waals surface area (Å²) in [6.45, 7) is 4.47. The zero-order valence-corrected chi connectivity index (χ0v) is 18.4. The molecule has 2 amide bonds. The molecule has 12 heteroatoms. The monoisotopic (exact) mass is 470 g/mol. The first kappa shape index (κ1) is 27.1. The van der Waals surface area contributed by atoms with E-state index in [9.17, 15) is 30.8 Å². The number of hydrogen-bond donors (Lipinski definition) is 2. The average molecular weight is 471 g/mol. The van der Waals surface area contributed by atoms with Crippen molar-refractivity contribution in [3.8, 4) is 0 Å². The highest BCUT2D eigenvalue weighted by atomic mass is 32.2. The molecule has 0 saturated heterocycles. The van der Waals surface area contributed by atoms with Crippen LogP contribution >= 0.6 is 0 Å². The summed E-state index contributed by atoms with van der Waals surface area (Å²) in [7, 11) is -2.97. The van der Waals surface area contributed by atoms with E-state index in [1.807, 2.05) is 13.8 Å². The van der Waals surface area contributed by atoms with E-state index in [0.29, 0.717) is 38.2 Å². The van der Waals surface area contributed by atoms with Crippen molar-refractivity contribution in [3.63, 3.8) is 0 Å². The highest BCUT2D eigenvalue weighted by Gasteiger charge is 2.37. The number of carbonyl (C=O) groups excluding carboxylic acids is 1. The second kappa shape index (κ2) is 12.2. The Morgan fingerprint density at radius 3 is 2.52 bits per heavy atom. The number of carbonyl (C=O) groups is 1. The lowest BCUT2D eigenvalue weighted by Gasteiger charge is -2.24. The molecule has 0 aliphatic rings. The van der Waals surface area contributed by atoms with E-state index in [1.165, 1.54) is 12.0 Å². The molecule has 2 N–H and O–H groups in total. The zero-order chi connectivity index (χ0) is 23.7. The SMILES string of the molecule is COC[CH]CN(CCCCNS(=O)(=O)c1ccc(F)cc1C(F)(F)F)C(=O)NC(C)C. The second-order valence-corrected chi connectivity index (χ2v) is 8.77. The van der Waals surface area contributed by atoms with Crippen LogP contribution in [0.15, 0.2) is 23.1 Å². The number of rotatable bonds is 12. The molecule has 0 aromatic heterocycles. The molecule has 0 unspecified atom stereocenters. The fourth-order valence-electron chi connectivity index (χ4n) is 2.61. The third-order valence-electron chi connectivity index (χ3n) is 4.02. The Morgan fingerprint density at radius 1 is 1.26 bits per heavy atom. The van der Waals surface area contributed by atoms with Crippen LogP contribution in [0.1, 0.15) is 32.3 Å². The molecule has 0 aliphatic carbocycles. The third kappa shape index (κ3) is 9.40. The normalized spacial score (nSPS) is 12.3. The summed E-state index contributed by atoms with van der Waals surface area (Å²) in [6, 6.07) is 1.04. The largest absolute Gasteiger partial charge is 0.417 e. The molecule has 0 aliphatic heterocycles. The Labute approximate surface area is 180 Å². The minimum atomic E-state index is -5.02. The highest BCUT2D eigenvalue weighted by molar-refractivity contribution is 7.89.